The summed E-state index contributed by atoms with van der Waals surface area (Å²) in [6.07, 6.45) is 4.34. The fraction of sp³-hybridized carbons (Fsp3) is 0.500. The van der Waals surface area contributed by atoms with Crippen LogP contribution in [-0.2, 0) is 6.42 Å². The second-order valence-corrected chi connectivity index (χ2v) is 5.65. The molecule has 1 N–H and O–H groups in total. The molecule has 1 heterocycles. The van der Waals surface area contributed by atoms with Gasteiger partial charge in [-0.1, -0.05) is 30.7 Å². The summed E-state index contributed by atoms with van der Waals surface area (Å²) in [4.78, 5) is 0. The van der Waals surface area contributed by atoms with Crippen molar-refractivity contribution in [2.75, 3.05) is 13.6 Å². The largest absolute Gasteiger partial charge is 0.490 e. The van der Waals surface area contributed by atoms with Gasteiger partial charge in [0.25, 0.3) is 0 Å². The molecule has 2 heteroatoms. The average Bonchev–Trinajstić information content (AvgIpc) is 2.70. The van der Waals surface area contributed by atoms with Crippen LogP contribution in [0, 0.1) is 12.3 Å². The lowest BCUT2D eigenvalue weighted by molar-refractivity contribution is 0.171. The van der Waals surface area contributed by atoms with E-state index < -0.39 is 0 Å². The van der Waals surface area contributed by atoms with E-state index in [2.05, 4.69) is 43.9 Å². The molecule has 0 amide bonds. The predicted molar refractivity (Wildman–Crippen MR) is 76.1 cm³/mol. The molecule has 1 aliphatic rings. The number of ether oxygens (including phenoxy) is 1. The molecule has 2 unspecified atom stereocenters. The number of rotatable bonds is 5. The summed E-state index contributed by atoms with van der Waals surface area (Å²) < 4.78 is 6.03. The third-order valence-electron chi connectivity index (χ3n) is 3.72. The first-order valence-corrected chi connectivity index (χ1v) is 6.61. The summed E-state index contributed by atoms with van der Waals surface area (Å²) in [6, 6.07) is 6.44. The summed E-state index contributed by atoms with van der Waals surface area (Å²) >= 11 is 0. The lowest BCUT2D eigenvalue weighted by atomic mass is 9.83. The summed E-state index contributed by atoms with van der Waals surface area (Å²) in [5, 5.41) is 3.24. The minimum Gasteiger partial charge on any atom is -0.490 e. The third-order valence-corrected chi connectivity index (χ3v) is 3.72. The average molecular weight is 245 g/mol. The third kappa shape index (κ3) is 2.75. The van der Waals surface area contributed by atoms with Crippen LogP contribution in [0.2, 0.25) is 0 Å². The Labute approximate surface area is 110 Å². The van der Waals surface area contributed by atoms with Crippen LogP contribution in [0.15, 0.2) is 30.9 Å². The summed E-state index contributed by atoms with van der Waals surface area (Å²) in [5.74, 6) is 1.06. The van der Waals surface area contributed by atoms with E-state index in [-0.39, 0.29) is 11.5 Å². The Morgan fingerprint density at radius 3 is 3.00 bits per heavy atom. The van der Waals surface area contributed by atoms with Gasteiger partial charge < -0.3 is 10.1 Å². The smallest absolute Gasteiger partial charge is 0.123 e. The number of fused-ring (bicyclic) bond motifs is 1. The Morgan fingerprint density at radius 2 is 2.33 bits per heavy atom. The fourth-order valence-electron chi connectivity index (χ4n) is 2.71. The van der Waals surface area contributed by atoms with Gasteiger partial charge in [-0.15, -0.1) is 6.58 Å². The van der Waals surface area contributed by atoms with Crippen molar-refractivity contribution in [2.24, 2.45) is 5.41 Å². The summed E-state index contributed by atoms with van der Waals surface area (Å²) in [6.45, 7) is 9.26. The SMILES string of the molecule is C=CC(C)(CNC)CC1Cc2cc(C)ccc2O1. The lowest BCUT2D eigenvalue weighted by Gasteiger charge is -2.28. The maximum absolute atomic E-state index is 6.03. The van der Waals surface area contributed by atoms with Crippen LogP contribution in [0.5, 0.6) is 5.75 Å². The van der Waals surface area contributed by atoms with Crippen LogP contribution in [0.25, 0.3) is 0 Å². The van der Waals surface area contributed by atoms with Crippen LogP contribution < -0.4 is 10.1 Å². The Hall–Kier alpha value is -1.28. The number of hydrogen-bond donors (Lipinski definition) is 1. The van der Waals surface area contributed by atoms with Gasteiger partial charge in [-0.05, 0) is 32.0 Å². The van der Waals surface area contributed by atoms with Crippen molar-refractivity contribution in [3.8, 4) is 5.75 Å². The topological polar surface area (TPSA) is 21.3 Å². The monoisotopic (exact) mass is 245 g/mol. The molecule has 2 rings (SSSR count). The molecule has 0 saturated heterocycles. The van der Waals surface area contributed by atoms with Gasteiger partial charge in [0.15, 0.2) is 0 Å². The molecule has 2 nitrogen and oxygen atoms in total. The summed E-state index contributed by atoms with van der Waals surface area (Å²) in [5.41, 5.74) is 2.74. The van der Waals surface area contributed by atoms with Gasteiger partial charge in [-0.2, -0.15) is 0 Å². The highest BCUT2D eigenvalue weighted by Gasteiger charge is 2.30. The molecule has 1 aromatic rings. The molecule has 2 atom stereocenters. The van der Waals surface area contributed by atoms with E-state index in [9.17, 15) is 0 Å². The molecule has 0 aliphatic carbocycles. The van der Waals surface area contributed by atoms with Crippen LogP contribution in [0.1, 0.15) is 24.5 Å². The first-order valence-electron chi connectivity index (χ1n) is 6.61. The van der Waals surface area contributed by atoms with Gasteiger partial charge >= 0.3 is 0 Å². The maximum atomic E-state index is 6.03. The fourth-order valence-corrected chi connectivity index (χ4v) is 2.71. The maximum Gasteiger partial charge on any atom is 0.123 e. The van der Waals surface area contributed by atoms with Crippen molar-refractivity contribution < 1.29 is 4.74 Å². The quantitative estimate of drug-likeness (QED) is 0.805. The Kier molecular flexibility index (Phi) is 3.76. The van der Waals surface area contributed by atoms with Crippen molar-refractivity contribution in [2.45, 2.75) is 32.8 Å². The molecule has 0 aromatic heterocycles. The zero-order valence-corrected chi connectivity index (χ0v) is 11.6. The number of nitrogens with one attached hydrogen (secondary N) is 1. The standard InChI is InChI=1S/C16H23NO/c1-5-16(3,11-17-4)10-14-9-13-8-12(2)6-7-15(13)18-14/h5-8,14,17H,1,9-11H2,2-4H3. The second kappa shape index (κ2) is 5.15. The van der Waals surface area contributed by atoms with E-state index in [1.807, 2.05) is 13.1 Å². The molecule has 0 fully saturated rings. The van der Waals surface area contributed by atoms with Crippen molar-refractivity contribution in [3.63, 3.8) is 0 Å². The Balaban J connectivity index is 2.05. The molecule has 18 heavy (non-hydrogen) atoms. The van der Waals surface area contributed by atoms with Gasteiger partial charge in [0.1, 0.15) is 11.9 Å². The normalized spacial score (nSPS) is 20.9. The van der Waals surface area contributed by atoms with E-state index in [1.165, 1.54) is 11.1 Å². The van der Waals surface area contributed by atoms with Crippen LogP contribution in [0.4, 0.5) is 0 Å². The number of benzene rings is 1. The highest BCUT2D eigenvalue weighted by atomic mass is 16.5. The molecular weight excluding hydrogens is 222 g/mol. The van der Waals surface area contributed by atoms with E-state index in [4.69, 9.17) is 4.74 Å². The first kappa shape index (κ1) is 13.2. The van der Waals surface area contributed by atoms with Crippen molar-refractivity contribution >= 4 is 0 Å². The molecule has 0 radical (unpaired) electrons. The number of aryl methyl sites for hydroxylation is 1. The van der Waals surface area contributed by atoms with Gasteiger partial charge in [0.2, 0.25) is 0 Å². The highest BCUT2D eigenvalue weighted by molar-refractivity contribution is 5.40. The minimum atomic E-state index is 0.0938. The van der Waals surface area contributed by atoms with Crippen LogP contribution in [0.3, 0.4) is 0 Å². The van der Waals surface area contributed by atoms with Crippen LogP contribution in [-0.4, -0.2) is 19.7 Å². The van der Waals surface area contributed by atoms with E-state index in [0.717, 1.165) is 25.1 Å². The van der Waals surface area contributed by atoms with E-state index in [1.54, 1.807) is 0 Å². The Morgan fingerprint density at radius 1 is 1.56 bits per heavy atom. The first-order chi connectivity index (χ1) is 8.56. The van der Waals surface area contributed by atoms with E-state index in [0.29, 0.717) is 0 Å². The molecular formula is C16H23NO. The highest BCUT2D eigenvalue weighted by Crippen LogP contribution is 2.35. The minimum absolute atomic E-state index is 0.0938. The molecule has 1 aromatic carbocycles. The molecule has 0 spiro atoms. The molecule has 0 saturated carbocycles. The van der Waals surface area contributed by atoms with Crippen LogP contribution >= 0.6 is 0 Å². The lowest BCUT2D eigenvalue weighted by Crippen LogP contribution is -2.33. The molecule has 98 valence electrons. The number of hydrogen-bond acceptors (Lipinski definition) is 2. The second-order valence-electron chi connectivity index (χ2n) is 5.65. The van der Waals surface area contributed by atoms with Gasteiger partial charge in [-0.3, -0.25) is 0 Å². The van der Waals surface area contributed by atoms with Crippen molar-refractivity contribution in [1.29, 1.82) is 0 Å². The summed E-state index contributed by atoms with van der Waals surface area (Å²) in [7, 11) is 1.98. The Bertz CT molecular complexity index is 441. The van der Waals surface area contributed by atoms with Crippen molar-refractivity contribution in [3.05, 3.63) is 42.0 Å². The predicted octanol–water partition coefficient (Wildman–Crippen LogP) is 3.10. The van der Waals surface area contributed by atoms with Gasteiger partial charge in [0, 0.05) is 18.4 Å². The van der Waals surface area contributed by atoms with E-state index >= 15 is 0 Å². The van der Waals surface area contributed by atoms with Gasteiger partial charge in [-0.25, -0.2) is 0 Å². The zero-order valence-electron chi connectivity index (χ0n) is 11.6. The van der Waals surface area contributed by atoms with Crippen molar-refractivity contribution in [1.82, 2.24) is 5.32 Å². The molecule has 0 bridgehead atoms. The molecule has 1 aliphatic heterocycles. The van der Waals surface area contributed by atoms with Gasteiger partial charge in [0.05, 0.1) is 0 Å². The zero-order chi connectivity index (χ0) is 13.2.